The topological polar surface area (TPSA) is 89.4 Å². The number of benzene rings is 1. The number of phenolic OH excluding ortho intramolecular Hbond substituents is 1. The van der Waals surface area contributed by atoms with Crippen LogP contribution in [0.5, 0.6) is 17.8 Å². The van der Waals surface area contributed by atoms with Crippen LogP contribution in [0.3, 0.4) is 0 Å². The van der Waals surface area contributed by atoms with Crippen molar-refractivity contribution < 1.29 is 14.6 Å². The molecule has 0 aliphatic carbocycles. The van der Waals surface area contributed by atoms with Gasteiger partial charge in [0, 0.05) is 12.1 Å². The molecule has 1 aromatic heterocycles. The van der Waals surface area contributed by atoms with E-state index in [9.17, 15) is 5.11 Å². The molecule has 0 unspecified atom stereocenters. The Kier molecular flexibility index (Phi) is 3.97. The van der Waals surface area contributed by atoms with E-state index in [1.54, 1.807) is 18.2 Å². The van der Waals surface area contributed by atoms with Crippen molar-refractivity contribution in [3.63, 3.8) is 0 Å². The van der Waals surface area contributed by atoms with Gasteiger partial charge in [-0.1, -0.05) is 18.2 Å². The molecule has 7 nitrogen and oxygen atoms in total. The summed E-state index contributed by atoms with van der Waals surface area (Å²) in [5.41, 5.74) is 0.737. The number of nitrogens with zero attached hydrogens (tertiary/aromatic N) is 3. The molecule has 100 valence electrons. The van der Waals surface area contributed by atoms with Gasteiger partial charge in [0.2, 0.25) is 5.95 Å². The minimum Gasteiger partial charge on any atom is -0.508 e. The number of anilines is 1. The first kappa shape index (κ1) is 12.9. The van der Waals surface area contributed by atoms with Crippen molar-refractivity contribution >= 4 is 5.95 Å². The SMILES string of the molecule is COc1nc(NCc2ccccc2O)nc(OC)n1. The minimum absolute atomic E-state index is 0.159. The summed E-state index contributed by atoms with van der Waals surface area (Å²) in [6.45, 7) is 0.378. The predicted molar refractivity (Wildman–Crippen MR) is 68.4 cm³/mol. The highest BCUT2D eigenvalue weighted by atomic mass is 16.5. The van der Waals surface area contributed by atoms with Crippen LogP contribution in [-0.2, 0) is 6.54 Å². The number of phenols is 1. The molecule has 1 heterocycles. The number of ether oxygens (including phenoxy) is 2. The normalized spacial score (nSPS) is 10.0. The van der Waals surface area contributed by atoms with Crippen LogP contribution in [-0.4, -0.2) is 34.3 Å². The Bertz CT molecular complexity index is 540. The van der Waals surface area contributed by atoms with Crippen LogP contribution in [0.2, 0.25) is 0 Å². The zero-order valence-electron chi connectivity index (χ0n) is 10.6. The molecule has 1 aromatic carbocycles. The lowest BCUT2D eigenvalue weighted by Crippen LogP contribution is -2.07. The molecule has 0 amide bonds. The third kappa shape index (κ3) is 3.21. The summed E-state index contributed by atoms with van der Waals surface area (Å²) < 4.78 is 9.88. The second-order valence-corrected chi connectivity index (χ2v) is 3.61. The molecule has 0 aliphatic heterocycles. The van der Waals surface area contributed by atoms with Gasteiger partial charge >= 0.3 is 12.0 Å². The first-order valence-corrected chi connectivity index (χ1v) is 5.57. The van der Waals surface area contributed by atoms with Crippen LogP contribution < -0.4 is 14.8 Å². The molecule has 0 saturated heterocycles. The van der Waals surface area contributed by atoms with Gasteiger partial charge in [0.25, 0.3) is 0 Å². The number of hydrogen-bond acceptors (Lipinski definition) is 7. The average molecular weight is 262 g/mol. The van der Waals surface area contributed by atoms with Crippen molar-refractivity contribution in [3.05, 3.63) is 29.8 Å². The molecule has 0 spiro atoms. The lowest BCUT2D eigenvalue weighted by Gasteiger charge is -2.08. The number of hydrogen-bond donors (Lipinski definition) is 2. The Morgan fingerprint density at radius 1 is 1.05 bits per heavy atom. The lowest BCUT2D eigenvalue weighted by atomic mass is 10.2. The summed E-state index contributed by atoms with van der Waals surface area (Å²) in [5, 5.41) is 12.6. The largest absolute Gasteiger partial charge is 0.508 e. The number of aromatic nitrogens is 3. The first-order chi connectivity index (χ1) is 9.22. The summed E-state index contributed by atoms with van der Waals surface area (Å²) >= 11 is 0. The van der Waals surface area contributed by atoms with Gasteiger partial charge in [0.15, 0.2) is 0 Å². The van der Waals surface area contributed by atoms with Crippen molar-refractivity contribution in [1.82, 2.24) is 15.0 Å². The van der Waals surface area contributed by atoms with Gasteiger partial charge in [-0.15, -0.1) is 4.98 Å². The monoisotopic (exact) mass is 262 g/mol. The molecule has 0 aliphatic rings. The molecule has 2 aromatic rings. The van der Waals surface area contributed by atoms with Crippen LogP contribution in [0.1, 0.15) is 5.56 Å². The van der Waals surface area contributed by atoms with Gasteiger partial charge in [-0.2, -0.15) is 9.97 Å². The van der Waals surface area contributed by atoms with E-state index in [-0.39, 0.29) is 17.8 Å². The van der Waals surface area contributed by atoms with Gasteiger partial charge in [0.1, 0.15) is 5.75 Å². The molecule has 0 bridgehead atoms. The van der Waals surface area contributed by atoms with Crippen molar-refractivity contribution in [2.75, 3.05) is 19.5 Å². The van der Waals surface area contributed by atoms with Gasteiger partial charge in [-0.3, -0.25) is 0 Å². The average Bonchev–Trinajstić information content (AvgIpc) is 2.46. The second kappa shape index (κ2) is 5.85. The van der Waals surface area contributed by atoms with Crippen LogP contribution in [0.15, 0.2) is 24.3 Å². The number of para-hydroxylation sites is 1. The Labute approximate surface area is 110 Å². The Morgan fingerprint density at radius 2 is 1.68 bits per heavy atom. The maximum Gasteiger partial charge on any atom is 0.324 e. The molecular formula is C12H14N4O3. The molecule has 0 atom stereocenters. The predicted octanol–water partition coefficient (Wildman–Crippen LogP) is 1.21. The summed E-state index contributed by atoms with van der Waals surface area (Å²) in [6, 6.07) is 7.33. The van der Waals surface area contributed by atoms with E-state index in [1.165, 1.54) is 14.2 Å². The number of rotatable bonds is 5. The molecule has 19 heavy (non-hydrogen) atoms. The van der Waals surface area contributed by atoms with E-state index in [2.05, 4.69) is 20.3 Å². The third-order valence-corrected chi connectivity index (χ3v) is 2.39. The fourth-order valence-corrected chi connectivity index (χ4v) is 1.43. The van der Waals surface area contributed by atoms with Crippen molar-refractivity contribution in [1.29, 1.82) is 0 Å². The van der Waals surface area contributed by atoms with E-state index < -0.39 is 0 Å². The summed E-state index contributed by atoms with van der Waals surface area (Å²) in [7, 11) is 2.92. The fraction of sp³-hybridized carbons (Fsp3) is 0.250. The molecule has 0 fully saturated rings. The van der Waals surface area contributed by atoms with Gasteiger partial charge < -0.3 is 19.9 Å². The highest BCUT2D eigenvalue weighted by Gasteiger charge is 2.07. The van der Waals surface area contributed by atoms with E-state index in [4.69, 9.17) is 9.47 Å². The van der Waals surface area contributed by atoms with Crippen LogP contribution in [0.4, 0.5) is 5.95 Å². The Balaban J connectivity index is 2.13. The number of aromatic hydroxyl groups is 1. The second-order valence-electron chi connectivity index (χ2n) is 3.61. The van der Waals surface area contributed by atoms with Crippen LogP contribution in [0, 0.1) is 0 Å². The van der Waals surface area contributed by atoms with Crippen molar-refractivity contribution in [2.45, 2.75) is 6.54 Å². The highest BCUT2D eigenvalue weighted by Crippen LogP contribution is 2.17. The van der Waals surface area contributed by atoms with Crippen molar-refractivity contribution in [3.8, 4) is 17.8 Å². The van der Waals surface area contributed by atoms with Gasteiger partial charge in [0.05, 0.1) is 14.2 Å². The zero-order valence-corrected chi connectivity index (χ0v) is 10.6. The first-order valence-electron chi connectivity index (χ1n) is 5.57. The Hall–Kier alpha value is -2.57. The molecule has 0 radical (unpaired) electrons. The van der Waals surface area contributed by atoms with Gasteiger partial charge in [-0.25, -0.2) is 0 Å². The minimum atomic E-state index is 0.159. The summed E-state index contributed by atoms with van der Waals surface area (Å²) in [6.07, 6.45) is 0. The number of methoxy groups -OCH3 is 2. The fourth-order valence-electron chi connectivity index (χ4n) is 1.43. The van der Waals surface area contributed by atoms with Gasteiger partial charge in [-0.05, 0) is 6.07 Å². The van der Waals surface area contributed by atoms with Crippen LogP contribution in [0.25, 0.3) is 0 Å². The van der Waals surface area contributed by atoms with E-state index in [1.807, 2.05) is 6.07 Å². The van der Waals surface area contributed by atoms with Crippen LogP contribution >= 0.6 is 0 Å². The third-order valence-electron chi connectivity index (χ3n) is 2.39. The smallest absolute Gasteiger partial charge is 0.324 e. The highest BCUT2D eigenvalue weighted by molar-refractivity contribution is 5.36. The molecule has 2 N–H and O–H groups in total. The summed E-state index contributed by atoms with van der Waals surface area (Å²) in [4.78, 5) is 11.9. The molecular weight excluding hydrogens is 248 g/mol. The quantitative estimate of drug-likeness (QED) is 0.836. The van der Waals surface area contributed by atoms with E-state index in [0.29, 0.717) is 12.5 Å². The maximum absolute atomic E-state index is 9.65. The number of nitrogens with one attached hydrogen (secondary N) is 1. The summed E-state index contributed by atoms with van der Waals surface area (Å²) in [5.74, 6) is 0.523. The standard InChI is InChI=1S/C12H14N4O3/c1-18-11-14-10(15-12(16-11)19-2)13-7-8-5-3-4-6-9(8)17/h3-6,17H,7H2,1-2H3,(H,13,14,15,16). The lowest BCUT2D eigenvalue weighted by molar-refractivity contribution is 0.341. The zero-order chi connectivity index (χ0) is 13.7. The Morgan fingerprint density at radius 3 is 2.26 bits per heavy atom. The molecule has 2 rings (SSSR count). The van der Waals surface area contributed by atoms with E-state index in [0.717, 1.165) is 5.56 Å². The van der Waals surface area contributed by atoms with E-state index >= 15 is 0 Å². The molecule has 0 saturated carbocycles. The maximum atomic E-state index is 9.65. The molecule has 7 heteroatoms. The van der Waals surface area contributed by atoms with Crippen molar-refractivity contribution in [2.24, 2.45) is 0 Å².